The molecule has 0 fully saturated rings. The molecule has 0 radical (unpaired) electrons. The number of Topliss-reactive ketones (excluding diaryl/α,β-unsaturated/α-hetero) is 1. The zero-order chi connectivity index (χ0) is 17.4. The fourth-order valence-electron chi connectivity index (χ4n) is 3.04. The van der Waals surface area contributed by atoms with E-state index in [1.165, 1.54) is 6.92 Å². The lowest BCUT2D eigenvalue weighted by atomic mass is 10.1. The predicted molar refractivity (Wildman–Crippen MR) is 96.4 cm³/mol. The summed E-state index contributed by atoms with van der Waals surface area (Å²) in [6.45, 7) is 3.44. The summed E-state index contributed by atoms with van der Waals surface area (Å²) in [5.74, 6) is -0.136. The lowest BCUT2D eigenvalue weighted by Crippen LogP contribution is -2.09. The van der Waals surface area contributed by atoms with Crippen LogP contribution in [-0.2, 0) is 0 Å². The minimum absolute atomic E-state index is 0.136. The first-order chi connectivity index (χ1) is 12.2. The van der Waals surface area contributed by atoms with Gasteiger partial charge in [0.1, 0.15) is 5.69 Å². The van der Waals surface area contributed by atoms with Gasteiger partial charge in [0, 0.05) is 12.5 Å². The Bertz CT molecular complexity index is 1070. The molecular formula is C20H16N4O. The van der Waals surface area contributed by atoms with Crippen molar-refractivity contribution in [2.45, 2.75) is 13.8 Å². The van der Waals surface area contributed by atoms with Gasteiger partial charge >= 0.3 is 0 Å². The van der Waals surface area contributed by atoms with Crippen LogP contribution in [0.3, 0.4) is 0 Å². The van der Waals surface area contributed by atoms with E-state index in [9.17, 15) is 4.79 Å². The molecule has 0 aliphatic heterocycles. The highest BCUT2D eigenvalue weighted by molar-refractivity contribution is 5.98. The molecule has 4 rings (SSSR count). The maximum atomic E-state index is 12.1. The summed E-state index contributed by atoms with van der Waals surface area (Å²) in [5.41, 5.74) is 5.32. The standard InChI is InChI=1S/C20H16N4O/c1-13-17(15-9-5-3-6-10-15)20-22-21-18(14(2)25)19(24(20)23-13)16-11-7-4-8-12-16/h3-12H,1-2H3. The summed E-state index contributed by atoms with van der Waals surface area (Å²) in [6, 6.07) is 19.7. The molecule has 0 aliphatic rings. The van der Waals surface area contributed by atoms with E-state index in [-0.39, 0.29) is 5.78 Å². The number of aromatic nitrogens is 4. The zero-order valence-electron chi connectivity index (χ0n) is 14.0. The highest BCUT2D eigenvalue weighted by atomic mass is 16.1. The number of benzene rings is 2. The molecule has 0 atom stereocenters. The molecule has 0 amide bonds. The number of ketones is 1. The Morgan fingerprint density at radius 3 is 2.08 bits per heavy atom. The van der Waals surface area contributed by atoms with Crippen LogP contribution < -0.4 is 0 Å². The van der Waals surface area contributed by atoms with Gasteiger partial charge in [0.25, 0.3) is 0 Å². The van der Waals surface area contributed by atoms with Gasteiger partial charge in [-0.3, -0.25) is 4.79 Å². The third kappa shape index (κ3) is 2.50. The van der Waals surface area contributed by atoms with Crippen LogP contribution in [-0.4, -0.2) is 25.6 Å². The first-order valence-electron chi connectivity index (χ1n) is 8.04. The molecule has 0 aliphatic carbocycles. The average Bonchev–Trinajstić information content (AvgIpc) is 2.98. The number of fused-ring (bicyclic) bond motifs is 1. The highest BCUT2D eigenvalue weighted by Crippen LogP contribution is 2.30. The van der Waals surface area contributed by atoms with Gasteiger partial charge in [-0.25, -0.2) is 4.52 Å². The highest BCUT2D eigenvalue weighted by Gasteiger charge is 2.21. The topological polar surface area (TPSA) is 60.2 Å². The Balaban J connectivity index is 2.09. The second-order valence-electron chi connectivity index (χ2n) is 5.88. The second-order valence-corrected chi connectivity index (χ2v) is 5.88. The van der Waals surface area contributed by atoms with E-state index in [0.29, 0.717) is 17.0 Å². The number of carbonyl (C=O) groups is 1. The lowest BCUT2D eigenvalue weighted by molar-refractivity contribution is 0.101. The van der Waals surface area contributed by atoms with E-state index in [1.54, 1.807) is 4.52 Å². The van der Waals surface area contributed by atoms with Crippen LogP contribution >= 0.6 is 0 Å². The molecule has 0 saturated heterocycles. The molecule has 0 saturated carbocycles. The van der Waals surface area contributed by atoms with E-state index >= 15 is 0 Å². The normalized spacial score (nSPS) is 11.0. The first kappa shape index (κ1) is 15.2. The van der Waals surface area contributed by atoms with Crippen molar-refractivity contribution in [2.24, 2.45) is 0 Å². The van der Waals surface area contributed by atoms with E-state index in [1.807, 2.05) is 67.6 Å². The number of hydrogen-bond acceptors (Lipinski definition) is 4. The van der Waals surface area contributed by atoms with Gasteiger partial charge in [-0.2, -0.15) is 5.10 Å². The van der Waals surface area contributed by atoms with Crippen LogP contribution in [0.2, 0.25) is 0 Å². The summed E-state index contributed by atoms with van der Waals surface area (Å²) in [7, 11) is 0. The van der Waals surface area contributed by atoms with Crippen molar-refractivity contribution in [1.29, 1.82) is 0 Å². The molecule has 2 heterocycles. The summed E-state index contributed by atoms with van der Waals surface area (Å²) >= 11 is 0. The fourth-order valence-corrected chi connectivity index (χ4v) is 3.04. The van der Waals surface area contributed by atoms with Crippen molar-refractivity contribution in [3.8, 4) is 22.4 Å². The van der Waals surface area contributed by atoms with Crippen LogP contribution in [0.1, 0.15) is 23.1 Å². The van der Waals surface area contributed by atoms with Crippen molar-refractivity contribution in [1.82, 2.24) is 19.8 Å². The van der Waals surface area contributed by atoms with Crippen molar-refractivity contribution in [3.05, 3.63) is 72.1 Å². The molecule has 0 bridgehead atoms. The summed E-state index contributed by atoms with van der Waals surface area (Å²) in [4.78, 5) is 12.1. The Hall–Kier alpha value is -3.34. The maximum Gasteiger partial charge on any atom is 0.186 e. The monoisotopic (exact) mass is 328 g/mol. The Labute approximate surface area is 145 Å². The van der Waals surface area contributed by atoms with Crippen LogP contribution in [0.25, 0.3) is 28.0 Å². The summed E-state index contributed by atoms with van der Waals surface area (Å²) in [5, 5.41) is 13.2. The molecule has 0 N–H and O–H groups in total. The Morgan fingerprint density at radius 1 is 0.880 bits per heavy atom. The van der Waals surface area contributed by atoms with Crippen LogP contribution in [0, 0.1) is 6.92 Å². The SMILES string of the molecule is CC(=O)c1nnc2c(-c3ccccc3)c(C)nn2c1-c1ccccc1. The van der Waals surface area contributed by atoms with Gasteiger partial charge in [0.05, 0.1) is 11.3 Å². The number of aryl methyl sites for hydroxylation is 1. The van der Waals surface area contributed by atoms with E-state index in [2.05, 4.69) is 15.3 Å². The van der Waals surface area contributed by atoms with Gasteiger partial charge < -0.3 is 0 Å². The summed E-state index contributed by atoms with van der Waals surface area (Å²) < 4.78 is 1.73. The lowest BCUT2D eigenvalue weighted by Gasteiger charge is -2.08. The smallest absolute Gasteiger partial charge is 0.186 e. The predicted octanol–water partition coefficient (Wildman–Crippen LogP) is 3.97. The number of nitrogens with zero attached hydrogens (tertiary/aromatic N) is 4. The minimum Gasteiger partial charge on any atom is -0.293 e. The van der Waals surface area contributed by atoms with Gasteiger partial charge in [-0.15, -0.1) is 10.2 Å². The fraction of sp³-hybridized carbons (Fsp3) is 0.100. The summed E-state index contributed by atoms with van der Waals surface area (Å²) in [6.07, 6.45) is 0. The Kier molecular flexibility index (Phi) is 3.61. The largest absolute Gasteiger partial charge is 0.293 e. The van der Waals surface area contributed by atoms with Crippen molar-refractivity contribution in [3.63, 3.8) is 0 Å². The van der Waals surface area contributed by atoms with E-state index in [0.717, 1.165) is 22.4 Å². The van der Waals surface area contributed by atoms with Gasteiger partial charge in [-0.1, -0.05) is 60.7 Å². The van der Waals surface area contributed by atoms with Crippen LogP contribution in [0.5, 0.6) is 0 Å². The average molecular weight is 328 g/mol. The van der Waals surface area contributed by atoms with E-state index in [4.69, 9.17) is 0 Å². The number of rotatable bonds is 3. The van der Waals surface area contributed by atoms with Gasteiger partial charge in [-0.05, 0) is 12.5 Å². The quantitative estimate of drug-likeness (QED) is 0.534. The third-order valence-electron chi connectivity index (χ3n) is 4.16. The first-order valence-corrected chi connectivity index (χ1v) is 8.04. The molecule has 2 aromatic heterocycles. The molecule has 0 spiro atoms. The molecule has 4 aromatic rings. The van der Waals surface area contributed by atoms with Crippen molar-refractivity contribution >= 4 is 11.4 Å². The van der Waals surface area contributed by atoms with Crippen molar-refractivity contribution in [2.75, 3.05) is 0 Å². The molecular weight excluding hydrogens is 312 g/mol. The van der Waals surface area contributed by atoms with Gasteiger partial charge in [0.2, 0.25) is 0 Å². The second kappa shape index (κ2) is 5.94. The molecule has 122 valence electrons. The van der Waals surface area contributed by atoms with Crippen molar-refractivity contribution < 1.29 is 4.79 Å². The molecule has 2 aromatic carbocycles. The van der Waals surface area contributed by atoms with Crippen LogP contribution in [0.4, 0.5) is 0 Å². The van der Waals surface area contributed by atoms with Crippen LogP contribution in [0.15, 0.2) is 60.7 Å². The molecule has 25 heavy (non-hydrogen) atoms. The maximum absolute atomic E-state index is 12.1. The zero-order valence-corrected chi connectivity index (χ0v) is 14.0. The Morgan fingerprint density at radius 2 is 1.48 bits per heavy atom. The molecule has 5 heteroatoms. The number of carbonyl (C=O) groups excluding carboxylic acids is 1. The number of hydrogen-bond donors (Lipinski definition) is 0. The molecule has 5 nitrogen and oxygen atoms in total. The molecule has 0 unspecified atom stereocenters. The minimum atomic E-state index is -0.136. The van der Waals surface area contributed by atoms with Gasteiger partial charge in [0.15, 0.2) is 17.1 Å². The third-order valence-corrected chi connectivity index (χ3v) is 4.16. The van der Waals surface area contributed by atoms with E-state index < -0.39 is 0 Å².